The number of benzene rings is 1. The molecule has 18 heavy (non-hydrogen) atoms. The van der Waals surface area contributed by atoms with Crippen molar-refractivity contribution in [3.8, 4) is 0 Å². The predicted octanol–water partition coefficient (Wildman–Crippen LogP) is 2.95. The summed E-state index contributed by atoms with van der Waals surface area (Å²) in [5.74, 6) is 0. The quantitative estimate of drug-likeness (QED) is 0.785. The zero-order valence-electron chi connectivity index (χ0n) is 10.3. The van der Waals surface area contributed by atoms with Crippen LogP contribution in [-0.4, -0.2) is 14.8 Å². The molecule has 5 heteroatoms. The number of anilines is 1. The Morgan fingerprint density at radius 3 is 2.94 bits per heavy atom. The summed E-state index contributed by atoms with van der Waals surface area (Å²) < 4.78 is 3.09. The van der Waals surface area contributed by atoms with Crippen molar-refractivity contribution in [2.45, 2.75) is 13.5 Å². The lowest BCUT2D eigenvalue weighted by molar-refractivity contribution is 0.720. The molecule has 2 aromatic heterocycles. The van der Waals surface area contributed by atoms with Crippen LogP contribution in [0.5, 0.6) is 0 Å². The number of aryl methyl sites for hydroxylation is 2. The Bertz CT molecular complexity index is 683. The van der Waals surface area contributed by atoms with Gasteiger partial charge < -0.3 is 5.32 Å². The Hall–Kier alpha value is -1.88. The van der Waals surface area contributed by atoms with Crippen molar-refractivity contribution in [2.75, 3.05) is 5.32 Å². The van der Waals surface area contributed by atoms with E-state index in [4.69, 9.17) is 0 Å². The second-order valence-corrected chi connectivity index (χ2v) is 5.27. The van der Waals surface area contributed by atoms with Crippen LogP contribution in [0.25, 0.3) is 10.2 Å². The number of nitrogens with one attached hydrogen (secondary N) is 1. The summed E-state index contributed by atoms with van der Waals surface area (Å²) in [6.45, 7) is 2.84. The largest absolute Gasteiger partial charge is 0.356 e. The van der Waals surface area contributed by atoms with Crippen molar-refractivity contribution in [1.82, 2.24) is 14.8 Å². The standard InChI is InChI=1S/C13H14N4S/c1-9-4-3-5-11-12(9)16-13(18-11)14-8-10-6-7-15-17(10)2/h3-7H,8H2,1-2H3,(H,14,16). The second-order valence-electron chi connectivity index (χ2n) is 4.24. The first-order valence-corrected chi connectivity index (χ1v) is 6.62. The van der Waals surface area contributed by atoms with Gasteiger partial charge in [-0.05, 0) is 24.6 Å². The third-order valence-corrected chi connectivity index (χ3v) is 3.94. The summed E-state index contributed by atoms with van der Waals surface area (Å²) in [5.41, 5.74) is 3.46. The van der Waals surface area contributed by atoms with Crippen molar-refractivity contribution in [1.29, 1.82) is 0 Å². The minimum absolute atomic E-state index is 0.745. The maximum Gasteiger partial charge on any atom is 0.184 e. The van der Waals surface area contributed by atoms with Gasteiger partial charge in [0, 0.05) is 13.2 Å². The fraction of sp³-hybridized carbons (Fsp3) is 0.231. The summed E-state index contributed by atoms with van der Waals surface area (Å²) in [6.07, 6.45) is 1.81. The Morgan fingerprint density at radius 1 is 1.33 bits per heavy atom. The highest BCUT2D eigenvalue weighted by Gasteiger charge is 2.06. The molecule has 0 radical (unpaired) electrons. The third-order valence-electron chi connectivity index (χ3n) is 2.96. The molecule has 92 valence electrons. The van der Waals surface area contributed by atoms with Crippen LogP contribution >= 0.6 is 11.3 Å². The highest BCUT2D eigenvalue weighted by Crippen LogP contribution is 2.28. The zero-order valence-corrected chi connectivity index (χ0v) is 11.2. The first kappa shape index (κ1) is 11.2. The van der Waals surface area contributed by atoms with Gasteiger partial charge in [0.15, 0.2) is 5.13 Å². The van der Waals surface area contributed by atoms with E-state index in [9.17, 15) is 0 Å². The summed E-state index contributed by atoms with van der Waals surface area (Å²) in [6, 6.07) is 8.27. The van der Waals surface area contributed by atoms with E-state index in [1.165, 1.54) is 10.3 Å². The number of nitrogens with zero attached hydrogens (tertiary/aromatic N) is 3. The molecule has 0 fully saturated rings. The van der Waals surface area contributed by atoms with Crippen LogP contribution in [0.3, 0.4) is 0 Å². The van der Waals surface area contributed by atoms with E-state index in [-0.39, 0.29) is 0 Å². The minimum atomic E-state index is 0.745. The first-order valence-electron chi connectivity index (χ1n) is 5.81. The van der Waals surface area contributed by atoms with Gasteiger partial charge in [-0.2, -0.15) is 5.10 Å². The van der Waals surface area contributed by atoms with Gasteiger partial charge in [0.05, 0.1) is 22.5 Å². The van der Waals surface area contributed by atoms with Crippen LogP contribution in [0.2, 0.25) is 0 Å². The molecule has 0 spiro atoms. The third kappa shape index (κ3) is 1.97. The first-order chi connectivity index (χ1) is 8.74. The van der Waals surface area contributed by atoms with Crippen LogP contribution in [0, 0.1) is 6.92 Å². The van der Waals surface area contributed by atoms with Crippen molar-refractivity contribution in [3.05, 3.63) is 41.7 Å². The van der Waals surface area contributed by atoms with E-state index in [2.05, 4.69) is 40.5 Å². The monoisotopic (exact) mass is 258 g/mol. The molecular formula is C13H14N4S. The number of aromatic nitrogens is 3. The number of fused-ring (bicyclic) bond motifs is 1. The lowest BCUT2D eigenvalue weighted by Crippen LogP contribution is -2.04. The SMILES string of the molecule is Cc1cccc2sc(NCc3ccnn3C)nc12. The van der Waals surface area contributed by atoms with E-state index in [1.807, 2.05) is 17.8 Å². The topological polar surface area (TPSA) is 42.7 Å². The van der Waals surface area contributed by atoms with Gasteiger partial charge in [-0.3, -0.25) is 4.68 Å². The van der Waals surface area contributed by atoms with E-state index in [0.29, 0.717) is 0 Å². The second kappa shape index (κ2) is 4.42. The molecule has 1 aromatic carbocycles. The normalized spacial score (nSPS) is 11.0. The van der Waals surface area contributed by atoms with Crippen molar-refractivity contribution in [3.63, 3.8) is 0 Å². The highest BCUT2D eigenvalue weighted by molar-refractivity contribution is 7.22. The molecule has 3 rings (SSSR count). The molecule has 0 saturated carbocycles. The molecular weight excluding hydrogens is 244 g/mol. The maximum absolute atomic E-state index is 4.62. The number of para-hydroxylation sites is 1. The van der Waals surface area contributed by atoms with E-state index in [0.717, 1.165) is 22.9 Å². The van der Waals surface area contributed by atoms with Crippen LogP contribution in [0.1, 0.15) is 11.3 Å². The molecule has 0 atom stereocenters. The van der Waals surface area contributed by atoms with E-state index < -0.39 is 0 Å². The van der Waals surface area contributed by atoms with Gasteiger partial charge in [-0.1, -0.05) is 23.5 Å². The van der Waals surface area contributed by atoms with Gasteiger partial charge in [-0.25, -0.2) is 4.98 Å². The fourth-order valence-corrected chi connectivity index (χ4v) is 2.84. The summed E-state index contributed by atoms with van der Waals surface area (Å²) in [4.78, 5) is 4.62. The number of thiazole rings is 1. The van der Waals surface area contributed by atoms with E-state index in [1.54, 1.807) is 17.5 Å². The lowest BCUT2D eigenvalue weighted by Gasteiger charge is -2.02. The molecule has 2 heterocycles. The minimum Gasteiger partial charge on any atom is -0.356 e. The molecule has 0 bridgehead atoms. The fourth-order valence-electron chi connectivity index (χ4n) is 1.90. The Kier molecular flexibility index (Phi) is 2.76. The number of hydrogen-bond acceptors (Lipinski definition) is 4. The van der Waals surface area contributed by atoms with Gasteiger partial charge in [-0.15, -0.1) is 0 Å². The molecule has 0 amide bonds. The molecule has 0 saturated heterocycles. The van der Waals surface area contributed by atoms with Gasteiger partial charge in [0.1, 0.15) is 0 Å². The van der Waals surface area contributed by atoms with Crippen molar-refractivity contribution >= 4 is 26.7 Å². The van der Waals surface area contributed by atoms with Gasteiger partial charge >= 0.3 is 0 Å². The highest BCUT2D eigenvalue weighted by atomic mass is 32.1. The van der Waals surface area contributed by atoms with E-state index >= 15 is 0 Å². The van der Waals surface area contributed by atoms with Crippen LogP contribution < -0.4 is 5.32 Å². The summed E-state index contributed by atoms with van der Waals surface area (Å²) >= 11 is 1.69. The molecule has 1 N–H and O–H groups in total. The van der Waals surface area contributed by atoms with Gasteiger partial charge in [0.25, 0.3) is 0 Å². The lowest BCUT2D eigenvalue weighted by atomic mass is 10.2. The molecule has 0 aliphatic heterocycles. The number of hydrogen-bond donors (Lipinski definition) is 1. The number of rotatable bonds is 3. The molecule has 0 aliphatic rings. The van der Waals surface area contributed by atoms with Crippen LogP contribution in [0.4, 0.5) is 5.13 Å². The summed E-state index contributed by atoms with van der Waals surface area (Å²) in [7, 11) is 1.94. The molecule has 0 aliphatic carbocycles. The smallest absolute Gasteiger partial charge is 0.184 e. The average Bonchev–Trinajstić information content (AvgIpc) is 2.93. The molecule has 3 aromatic rings. The Balaban J connectivity index is 1.83. The molecule has 4 nitrogen and oxygen atoms in total. The van der Waals surface area contributed by atoms with Crippen LogP contribution in [0.15, 0.2) is 30.5 Å². The Morgan fingerprint density at radius 2 is 2.22 bits per heavy atom. The van der Waals surface area contributed by atoms with Crippen molar-refractivity contribution in [2.24, 2.45) is 7.05 Å². The zero-order chi connectivity index (χ0) is 12.5. The van der Waals surface area contributed by atoms with Gasteiger partial charge in [0.2, 0.25) is 0 Å². The van der Waals surface area contributed by atoms with Crippen LogP contribution in [-0.2, 0) is 13.6 Å². The molecule has 0 unspecified atom stereocenters. The predicted molar refractivity (Wildman–Crippen MR) is 74.9 cm³/mol. The average molecular weight is 258 g/mol. The van der Waals surface area contributed by atoms with Crippen molar-refractivity contribution < 1.29 is 0 Å². The maximum atomic E-state index is 4.62. The Labute approximate surface area is 109 Å². The summed E-state index contributed by atoms with van der Waals surface area (Å²) in [5, 5.41) is 8.46.